The van der Waals surface area contributed by atoms with Gasteiger partial charge in [-0.05, 0) is 24.1 Å². The molecule has 0 saturated heterocycles. The molecule has 0 heterocycles. The van der Waals surface area contributed by atoms with Gasteiger partial charge in [-0.25, -0.2) is 0 Å². The van der Waals surface area contributed by atoms with E-state index in [0.29, 0.717) is 0 Å². The third kappa shape index (κ3) is 1.35. The second kappa shape index (κ2) is 3.01. The lowest BCUT2D eigenvalue weighted by molar-refractivity contribution is 0.322. The maximum atomic E-state index is 8.20. The highest BCUT2D eigenvalue weighted by Gasteiger charge is 1.90. The molecule has 0 aromatic heterocycles. The minimum atomic E-state index is 0.918. The zero-order valence-electron chi connectivity index (χ0n) is 5.70. The van der Waals surface area contributed by atoms with Crippen LogP contribution >= 0.6 is 0 Å². The van der Waals surface area contributed by atoms with Gasteiger partial charge < -0.3 is 5.21 Å². The van der Waals surface area contributed by atoms with Gasteiger partial charge in [-0.1, -0.05) is 23.4 Å². The topological polar surface area (TPSA) is 32.6 Å². The molecule has 0 aliphatic carbocycles. The van der Waals surface area contributed by atoms with E-state index in [0.717, 1.165) is 11.1 Å². The van der Waals surface area contributed by atoms with E-state index < -0.39 is 0 Å². The predicted molar refractivity (Wildman–Crippen MR) is 39.4 cm³/mol. The van der Waals surface area contributed by atoms with E-state index >= 15 is 0 Å². The van der Waals surface area contributed by atoms with E-state index in [2.05, 4.69) is 11.2 Å². The van der Waals surface area contributed by atoms with Gasteiger partial charge in [0.2, 0.25) is 0 Å². The molecule has 0 aliphatic heterocycles. The van der Waals surface area contributed by atoms with Gasteiger partial charge >= 0.3 is 0 Å². The summed E-state index contributed by atoms with van der Waals surface area (Å²) in [5.74, 6) is 0. The molecule has 10 heavy (non-hydrogen) atoms. The van der Waals surface area contributed by atoms with Gasteiger partial charge in [0, 0.05) is 0 Å². The number of oxime groups is 1. The van der Waals surface area contributed by atoms with Crippen LogP contribution in [0.2, 0.25) is 0 Å². The quantitative estimate of drug-likeness (QED) is 0.353. The minimum Gasteiger partial charge on any atom is -0.411 e. The van der Waals surface area contributed by atoms with Crippen LogP contribution in [-0.4, -0.2) is 11.4 Å². The van der Waals surface area contributed by atoms with Crippen LogP contribution in [0.15, 0.2) is 23.4 Å². The van der Waals surface area contributed by atoms with Crippen LogP contribution in [0.1, 0.15) is 11.1 Å². The summed E-state index contributed by atoms with van der Waals surface area (Å²) in [7, 11) is 0. The van der Waals surface area contributed by atoms with Gasteiger partial charge in [-0.2, -0.15) is 0 Å². The number of hydrogen-bond donors (Lipinski definition) is 1. The summed E-state index contributed by atoms with van der Waals surface area (Å²) < 4.78 is 0. The van der Waals surface area contributed by atoms with Crippen molar-refractivity contribution >= 4 is 6.21 Å². The molecule has 1 N–H and O–H groups in total. The molecule has 0 unspecified atom stereocenters. The van der Waals surface area contributed by atoms with Crippen LogP contribution in [0.25, 0.3) is 0 Å². The Morgan fingerprint density at radius 3 is 3.10 bits per heavy atom. The van der Waals surface area contributed by atoms with Gasteiger partial charge in [-0.15, -0.1) is 0 Å². The molecule has 0 spiro atoms. The van der Waals surface area contributed by atoms with Gasteiger partial charge in [-0.3, -0.25) is 0 Å². The SMILES string of the molecule is Cc1c[c]ccc1C=NO. The average Bonchev–Trinajstić information content (AvgIpc) is 1.94. The van der Waals surface area contributed by atoms with Crippen LogP contribution in [0.5, 0.6) is 0 Å². The Hall–Kier alpha value is -1.31. The number of rotatable bonds is 1. The van der Waals surface area contributed by atoms with E-state index in [9.17, 15) is 0 Å². The summed E-state index contributed by atoms with van der Waals surface area (Å²) in [5.41, 5.74) is 1.97. The summed E-state index contributed by atoms with van der Waals surface area (Å²) >= 11 is 0. The minimum absolute atomic E-state index is 0.918. The first-order valence-corrected chi connectivity index (χ1v) is 2.98. The molecule has 0 aliphatic rings. The summed E-state index contributed by atoms with van der Waals surface area (Å²) in [5, 5.41) is 11.1. The fraction of sp³-hybridized carbons (Fsp3) is 0.125. The molecule has 2 heteroatoms. The lowest BCUT2D eigenvalue weighted by Crippen LogP contribution is -1.84. The normalized spacial score (nSPS) is 10.5. The number of hydrogen-bond acceptors (Lipinski definition) is 2. The Bertz CT molecular complexity index is 243. The van der Waals surface area contributed by atoms with Gasteiger partial charge in [0.05, 0.1) is 6.21 Å². The molecule has 0 saturated carbocycles. The van der Waals surface area contributed by atoms with Gasteiger partial charge in [0.1, 0.15) is 0 Å². The van der Waals surface area contributed by atoms with E-state index in [-0.39, 0.29) is 0 Å². The Labute approximate surface area is 59.8 Å². The van der Waals surface area contributed by atoms with Crippen molar-refractivity contribution in [1.82, 2.24) is 0 Å². The van der Waals surface area contributed by atoms with Crippen LogP contribution in [0.4, 0.5) is 0 Å². The van der Waals surface area contributed by atoms with Gasteiger partial charge in [0.25, 0.3) is 0 Å². The fourth-order valence-corrected chi connectivity index (χ4v) is 0.733. The first-order chi connectivity index (χ1) is 4.84. The van der Waals surface area contributed by atoms with Crippen LogP contribution < -0.4 is 0 Å². The number of benzene rings is 1. The molecule has 0 atom stereocenters. The van der Waals surface area contributed by atoms with Crippen molar-refractivity contribution in [2.45, 2.75) is 6.92 Å². The van der Waals surface area contributed by atoms with Crippen molar-refractivity contribution in [3.05, 3.63) is 35.4 Å². The lowest BCUT2D eigenvalue weighted by atomic mass is 10.1. The highest BCUT2D eigenvalue weighted by Crippen LogP contribution is 2.02. The third-order valence-corrected chi connectivity index (χ3v) is 1.31. The van der Waals surface area contributed by atoms with E-state index in [4.69, 9.17) is 5.21 Å². The van der Waals surface area contributed by atoms with Crippen molar-refractivity contribution < 1.29 is 5.21 Å². The molecular weight excluding hydrogens is 126 g/mol. The van der Waals surface area contributed by atoms with E-state index in [1.54, 1.807) is 6.07 Å². The third-order valence-electron chi connectivity index (χ3n) is 1.31. The number of aryl methyl sites for hydroxylation is 1. The zero-order valence-corrected chi connectivity index (χ0v) is 5.70. The highest BCUT2D eigenvalue weighted by atomic mass is 16.4. The summed E-state index contributed by atoms with van der Waals surface area (Å²) in [4.78, 5) is 0. The smallest absolute Gasteiger partial charge is 0.0736 e. The van der Waals surface area contributed by atoms with Crippen molar-refractivity contribution in [3.8, 4) is 0 Å². The molecule has 0 bridgehead atoms. The highest BCUT2D eigenvalue weighted by molar-refractivity contribution is 5.80. The largest absolute Gasteiger partial charge is 0.411 e. The van der Waals surface area contributed by atoms with Crippen molar-refractivity contribution in [1.29, 1.82) is 0 Å². The summed E-state index contributed by atoms with van der Waals surface area (Å²) in [6, 6.07) is 8.38. The van der Waals surface area contributed by atoms with Crippen LogP contribution in [-0.2, 0) is 0 Å². The predicted octanol–water partition coefficient (Wildman–Crippen LogP) is 1.60. The standard InChI is InChI=1S/C8H8NO/c1-7-4-2-3-5-8(7)6-9-10/h3-6,10H,1H3. The van der Waals surface area contributed by atoms with E-state index in [1.165, 1.54) is 6.21 Å². The second-order valence-corrected chi connectivity index (χ2v) is 2.03. The summed E-state index contributed by atoms with van der Waals surface area (Å²) in [6.07, 6.45) is 1.41. The molecule has 51 valence electrons. The van der Waals surface area contributed by atoms with Crippen LogP contribution in [0, 0.1) is 13.0 Å². The Morgan fingerprint density at radius 2 is 2.50 bits per heavy atom. The monoisotopic (exact) mass is 134 g/mol. The molecule has 1 aromatic rings. The zero-order chi connectivity index (χ0) is 7.40. The average molecular weight is 134 g/mol. The lowest BCUT2D eigenvalue weighted by Gasteiger charge is -1.94. The molecule has 1 aromatic carbocycles. The Balaban J connectivity index is 3.03. The van der Waals surface area contributed by atoms with Gasteiger partial charge in [0.15, 0.2) is 0 Å². The molecular formula is C8H8NO. The second-order valence-electron chi connectivity index (χ2n) is 2.03. The van der Waals surface area contributed by atoms with Crippen LogP contribution in [0.3, 0.4) is 0 Å². The molecule has 1 rings (SSSR count). The van der Waals surface area contributed by atoms with E-state index in [1.807, 2.05) is 19.1 Å². The first-order valence-electron chi connectivity index (χ1n) is 2.98. The maximum Gasteiger partial charge on any atom is 0.0736 e. The van der Waals surface area contributed by atoms with Crippen molar-refractivity contribution in [2.24, 2.45) is 5.16 Å². The Kier molecular flexibility index (Phi) is 2.05. The number of nitrogens with zero attached hydrogens (tertiary/aromatic N) is 1. The maximum absolute atomic E-state index is 8.20. The molecule has 0 amide bonds. The van der Waals surface area contributed by atoms with Crippen molar-refractivity contribution in [2.75, 3.05) is 0 Å². The summed E-state index contributed by atoms with van der Waals surface area (Å²) in [6.45, 7) is 1.94. The molecule has 1 radical (unpaired) electrons. The van der Waals surface area contributed by atoms with Crippen molar-refractivity contribution in [3.63, 3.8) is 0 Å². The molecule has 2 nitrogen and oxygen atoms in total. The molecule has 0 fully saturated rings. The fourth-order valence-electron chi connectivity index (χ4n) is 0.733. The Morgan fingerprint density at radius 1 is 1.70 bits per heavy atom. The first kappa shape index (κ1) is 6.81.